The van der Waals surface area contributed by atoms with E-state index in [1.807, 2.05) is 44.2 Å². The Balaban J connectivity index is 1.59. The second-order valence-electron chi connectivity index (χ2n) is 7.83. The van der Waals surface area contributed by atoms with E-state index in [-0.39, 0.29) is 18.2 Å². The first-order chi connectivity index (χ1) is 13.9. The number of hydrogen-bond donors (Lipinski definition) is 0. The number of fused-ring (bicyclic) bond motifs is 1. The topological polar surface area (TPSA) is 59.1 Å². The minimum absolute atomic E-state index is 0.135. The number of amides is 2. The van der Waals surface area contributed by atoms with E-state index in [2.05, 4.69) is 4.90 Å². The fourth-order valence-electron chi connectivity index (χ4n) is 4.42. The summed E-state index contributed by atoms with van der Waals surface area (Å²) in [6.45, 7) is 5.29. The standard InChI is InChI=1S/C23H26N2O4/c1-14-7-15(2)9-18(8-14)25-22(26)12-19(23(25)27)24-6-5-16-10-20(28-3)21(29-4)11-17(16)13-24/h7-11,19H,5-6,12-13H2,1-4H3/t19-/m1/s1. The molecule has 1 fully saturated rings. The third-order valence-corrected chi connectivity index (χ3v) is 5.78. The molecule has 4 rings (SSSR count). The predicted octanol–water partition coefficient (Wildman–Crippen LogP) is 3.01. The van der Waals surface area contributed by atoms with E-state index in [1.54, 1.807) is 14.2 Å². The first-order valence-corrected chi connectivity index (χ1v) is 9.84. The van der Waals surface area contributed by atoms with Crippen LogP contribution in [0.3, 0.4) is 0 Å². The number of carbonyl (C=O) groups is 2. The van der Waals surface area contributed by atoms with Gasteiger partial charge in [0.15, 0.2) is 11.5 Å². The molecule has 0 unspecified atom stereocenters. The molecule has 1 atom stereocenters. The second-order valence-corrected chi connectivity index (χ2v) is 7.83. The van der Waals surface area contributed by atoms with Gasteiger partial charge in [0.2, 0.25) is 5.91 Å². The Morgan fingerprint density at radius 3 is 2.14 bits per heavy atom. The molecule has 0 radical (unpaired) electrons. The molecule has 1 saturated heterocycles. The SMILES string of the molecule is COc1cc2c(cc1OC)CN([C@@H]1CC(=O)N(c3cc(C)cc(C)c3)C1=O)CC2. The Labute approximate surface area is 171 Å². The predicted molar refractivity (Wildman–Crippen MR) is 110 cm³/mol. The Morgan fingerprint density at radius 2 is 1.52 bits per heavy atom. The summed E-state index contributed by atoms with van der Waals surface area (Å²) in [4.78, 5) is 29.4. The van der Waals surface area contributed by atoms with Crippen LogP contribution in [-0.4, -0.2) is 43.5 Å². The molecule has 152 valence electrons. The minimum atomic E-state index is -0.426. The van der Waals surface area contributed by atoms with E-state index in [0.29, 0.717) is 23.7 Å². The maximum absolute atomic E-state index is 13.2. The number of imide groups is 1. The van der Waals surface area contributed by atoms with Gasteiger partial charge in [0.25, 0.3) is 5.91 Å². The smallest absolute Gasteiger partial charge is 0.251 e. The molecule has 0 spiro atoms. The van der Waals surface area contributed by atoms with Gasteiger partial charge in [-0.2, -0.15) is 0 Å². The van der Waals surface area contributed by atoms with Crippen molar-refractivity contribution in [2.45, 2.75) is 39.3 Å². The third-order valence-electron chi connectivity index (χ3n) is 5.78. The molecule has 2 amide bonds. The van der Waals surface area contributed by atoms with Crippen LogP contribution in [0.2, 0.25) is 0 Å². The van der Waals surface area contributed by atoms with Crippen molar-refractivity contribution in [1.29, 1.82) is 0 Å². The van der Waals surface area contributed by atoms with E-state index >= 15 is 0 Å². The lowest BCUT2D eigenvalue weighted by Crippen LogP contribution is -2.44. The molecule has 2 heterocycles. The summed E-state index contributed by atoms with van der Waals surface area (Å²) in [6.07, 6.45) is 1.02. The summed E-state index contributed by atoms with van der Waals surface area (Å²) in [5.41, 5.74) is 5.05. The second kappa shape index (κ2) is 7.52. The van der Waals surface area contributed by atoms with Crippen LogP contribution in [0.1, 0.15) is 28.7 Å². The number of aryl methyl sites for hydroxylation is 2. The van der Waals surface area contributed by atoms with Gasteiger partial charge in [-0.15, -0.1) is 0 Å². The van der Waals surface area contributed by atoms with Crippen LogP contribution in [0.4, 0.5) is 5.69 Å². The van der Waals surface area contributed by atoms with Gasteiger partial charge in [0.1, 0.15) is 0 Å². The van der Waals surface area contributed by atoms with E-state index in [4.69, 9.17) is 9.47 Å². The summed E-state index contributed by atoms with van der Waals surface area (Å²) in [6, 6.07) is 9.39. The Bertz CT molecular complexity index is 965. The number of benzene rings is 2. The molecule has 2 aromatic rings. The van der Waals surface area contributed by atoms with Crippen molar-refractivity contribution in [3.63, 3.8) is 0 Å². The minimum Gasteiger partial charge on any atom is -0.493 e. The van der Waals surface area contributed by atoms with Crippen molar-refractivity contribution < 1.29 is 19.1 Å². The Kier molecular flexibility index (Phi) is 5.04. The maximum atomic E-state index is 13.2. The number of carbonyl (C=O) groups excluding carboxylic acids is 2. The van der Waals surface area contributed by atoms with Crippen LogP contribution in [0.25, 0.3) is 0 Å². The summed E-state index contributed by atoms with van der Waals surface area (Å²) >= 11 is 0. The highest BCUT2D eigenvalue weighted by molar-refractivity contribution is 6.22. The van der Waals surface area contributed by atoms with Crippen LogP contribution in [0, 0.1) is 13.8 Å². The fourth-order valence-corrected chi connectivity index (χ4v) is 4.42. The Morgan fingerprint density at radius 1 is 0.897 bits per heavy atom. The lowest BCUT2D eigenvalue weighted by atomic mass is 9.97. The highest BCUT2D eigenvalue weighted by Crippen LogP contribution is 2.35. The maximum Gasteiger partial charge on any atom is 0.251 e. The summed E-state index contributed by atoms with van der Waals surface area (Å²) in [5, 5.41) is 0. The first kappa shape index (κ1) is 19.5. The molecule has 6 nitrogen and oxygen atoms in total. The number of hydrogen-bond acceptors (Lipinski definition) is 5. The lowest BCUT2D eigenvalue weighted by Gasteiger charge is -2.32. The van der Waals surface area contributed by atoms with E-state index in [1.165, 1.54) is 10.5 Å². The lowest BCUT2D eigenvalue weighted by molar-refractivity contribution is -0.123. The zero-order valence-corrected chi connectivity index (χ0v) is 17.3. The van der Waals surface area contributed by atoms with Gasteiger partial charge in [0.05, 0.1) is 32.4 Å². The molecule has 0 aliphatic carbocycles. The van der Waals surface area contributed by atoms with Gasteiger partial charge in [-0.3, -0.25) is 14.5 Å². The molecular weight excluding hydrogens is 368 g/mol. The zero-order valence-electron chi connectivity index (χ0n) is 17.3. The molecule has 6 heteroatoms. The molecule has 2 aliphatic rings. The van der Waals surface area contributed by atoms with Crippen LogP contribution >= 0.6 is 0 Å². The molecule has 2 aliphatic heterocycles. The zero-order chi connectivity index (χ0) is 20.7. The molecule has 0 N–H and O–H groups in total. The summed E-state index contributed by atoms with van der Waals surface area (Å²) in [5.74, 6) is 1.12. The molecular formula is C23H26N2O4. The average Bonchev–Trinajstić information content (AvgIpc) is 2.99. The highest BCUT2D eigenvalue weighted by atomic mass is 16.5. The molecule has 0 saturated carbocycles. The summed E-state index contributed by atoms with van der Waals surface area (Å²) in [7, 11) is 3.25. The van der Waals surface area contributed by atoms with Crippen LogP contribution < -0.4 is 14.4 Å². The van der Waals surface area contributed by atoms with Crippen LogP contribution in [0.15, 0.2) is 30.3 Å². The van der Waals surface area contributed by atoms with Gasteiger partial charge >= 0.3 is 0 Å². The van der Waals surface area contributed by atoms with Crippen molar-refractivity contribution in [2.24, 2.45) is 0 Å². The molecule has 29 heavy (non-hydrogen) atoms. The van der Waals surface area contributed by atoms with Crippen molar-refractivity contribution in [1.82, 2.24) is 4.90 Å². The van der Waals surface area contributed by atoms with E-state index < -0.39 is 6.04 Å². The third kappa shape index (κ3) is 3.49. The Hall–Kier alpha value is -2.86. The number of methoxy groups -OCH3 is 2. The van der Waals surface area contributed by atoms with Gasteiger partial charge in [-0.25, -0.2) is 4.90 Å². The van der Waals surface area contributed by atoms with Gasteiger partial charge < -0.3 is 9.47 Å². The quantitative estimate of drug-likeness (QED) is 0.746. The van der Waals surface area contributed by atoms with Crippen molar-refractivity contribution in [2.75, 3.05) is 25.7 Å². The van der Waals surface area contributed by atoms with E-state index in [0.717, 1.165) is 29.7 Å². The van der Waals surface area contributed by atoms with Gasteiger partial charge in [0, 0.05) is 13.1 Å². The van der Waals surface area contributed by atoms with Crippen LogP contribution in [0.5, 0.6) is 11.5 Å². The fraction of sp³-hybridized carbons (Fsp3) is 0.391. The molecule has 0 bridgehead atoms. The van der Waals surface area contributed by atoms with E-state index in [9.17, 15) is 9.59 Å². The molecule has 2 aromatic carbocycles. The van der Waals surface area contributed by atoms with Gasteiger partial charge in [-0.05, 0) is 66.8 Å². The highest BCUT2D eigenvalue weighted by Gasteiger charge is 2.43. The number of ether oxygens (including phenoxy) is 2. The van der Waals surface area contributed by atoms with Crippen LogP contribution in [-0.2, 0) is 22.6 Å². The number of nitrogens with zero attached hydrogens (tertiary/aromatic N) is 2. The van der Waals surface area contributed by atoms with Crippen molar-refractivity contribution in [3.8, 4) is 11.5 Å². The molecule has 0 aromatic heterocycles. The largest absolute Gasteiger partial charge is 0.493 e. The first-order valence-electron chi connectivity index (χ1n) is 9.84. The number of rotatable bonds is 4. The number of anilines is 1. The average molecular weight is 394 g/mol. The van der Waals surface area contributed by atoms with Crippen molar-refractivity contribution in [3.05, 3.63) is 52.6 Å². The van der Waals surface area contributed by atoms with Crippen molar-refractivity contribution >= 4 is 17.5 Å². The monoisotopic (exact) mass is 394 g/mol. The normalized spacial score (nSPS) is 19.4. The summed E-state index contributed by atoms with van der Waals surface area (Å²) < 4.78 is 10.8. The van der Waals surface area contributed by atoms with Gasteiger partial charge in [-0.1, -0.05) is 6.07 Å².